The molecule has 0 aliphatic heterocycles. The van der Waals surface area contributed by atoms with E-state index in [0.29, 0.717) is 45.0 Å². The van der Waals surface area contributed by atoms with Gasteiger partial charge in [0.15, 0.2) is 5.75 Å². The number of hydrogen-bond donors (Lipinski definition) is 2. The number of aromatic nitrogens is 2. The summed E-state index contributed by atoms with van der Waals surface area (Å²) >= 11 is 12.9. The number of H-pyrrole nitrogens is 1. The fourth-order valence-corrected chi connectivity index (χ4v) is 3.64. The summed E-state index contributed by atoms with van der Waals surface area (Å²) in [4.78, 5) is 11.9. The molecule has 3 rings (SSSR count). The zero-order valence-corrected chi connectivity index (χ0v) is 18.8. The van der Waals surface area contributed by atoms with Crippen molar-refractivity contribution in [3.63, 3.8) is 0 Å². The van der Waals surface area contributed by atoms with Gasteiger partial charge in [-0.25, -0.2) is 0 Å². The van der Waals surface area contributed by atoms with E-state index in [1.54, 1.807) is 26.2 Å². The van der Waals surface area contributed by atoms with Gasteiger partial charge in [0.2, 0.25) is 0 Å². The van der Waals surface area contributed by atoms with Crippen LogP contribution in [0.5, 0.6) is 11.5 Å². The number of nitrogens with one attached hydrogen (secondary N) is 2. The Hall–Kier alpha value is -3.14. The smallest absolute Gasteiger partial charge is 0.300 e. The number of benzene rings is 2. The van der Waals surface area contributed by atoms with E-state index in [4.69, 9.17) is 32.7 Å². The zero-order chi connectivity index (χ0) is 22.4. The van der Waals surface area contributed by atoms with Crippen molar-refractivity contribution in [1.29, 1.82) is 0 Å². The Labute approximate surface area is 190 Å². The van der Waals surface area contributed by atoms with Gasteiger partial charge < -0.3 is 14.8 Å². The number of aromatic amines is 1. The van der Waals surface area contributed by atoms with E-state index in [0.717, 1.165) is 11.1 Å². The number of carbonyl (C=O) groups excluding carboxylic acids is 1. The molecule has 1 aromatic heterocycles. The number of hydrogen-bond acceptors (Lipinski definition) is 4. The van der Waals surface area contributed by atoms with Crippen LogP contribution in [0.25, 0.3) is 11.3 Å². The van der Waals surface area contributed by atoms with Crippen molar-refractivity contribution in [1.82, 2.24) is 10.2 Å². The van der Waals surface area contributed by atoms with Gasteiger partial charge in [-0.15, -0.1) is 0 Å². The maximum Gasteiger partial charge on any atom is 0.300 e. The van der Waals surface area contributed by atoms with E-state index in [9.17, 15) is 4.79 Å². The number of aryl methyl sites for hydroxylation is 1. The first-order chi connectivity index (χ1) is 15.0. The van der Waals surface area contributed by atoms with Crippen LogP contribution in [0.4, 0.5) is 5.69 Å². The Balaban J connectivity index is 1.82. The van der Waals surface area contributed by atoms with Gasteiger partial charge in [0.25, 0.3) is 5.91 Å². The first-order valence-corrected chi connectivity index (χ1v) is 10.3. The summed E-state index contributed by atoms with van der Waals surface area (Å²) in [5.74, 6) is 5.52. The normalized spacial score (nSPS) is 10.2. The Bertz CT molecular complexity index is 1130. The van der Waals surface area contributed by atoms with Crippen LogP contribution in [0, 0.1) is 11.8 Å². The highest BCUT2D eigenvalue weighted by Crippen LogP contribution is 2.42. The van der Waals surface area contributed by atoms with Gasteiger partial charge in [-0.1, -0.05) is 54.2 Å². The number of ether oxygens (including phenoxy) is 2. The van der Waals surface area contributed by atoms with E-state index in [1.807, 2.05) is 31.2 Å². The molecule has 0 saturated heterocycles. The van der Waals surface area contributed by atoms with Crippen LogP contribution < -0.4 is 14.8 Å². The Morgan fingerprint density at radius 3 is 2.71 bits per heavy atom. The fourth-order valence-electron chi connectivity index (χ4n) is 2.98. The lowest BCUT2D eigenvalue weighted by Crippen LogP contribution is -2.09. The molecule has 0 unspecified atom stereocenters. The molecule has 8 heteroatoms. The number of carbonyl (C=O) groups is 1. The molecule has 0 bridgehead atoms. The lowest BCUT2D eigenvalue weighted by molar-refractivity contribution is -0.111. The molecule has 160 valence electrons. The molecule has 2 aromatic carbocycles. The average molecular weight is 458 g/mol. The number of amides is 1. The van der Waals surface area contributed by atoms with Crippen molar-refractivity contribution in [2.75, 3.05) is 12.4 Å². The van der Waals surface area contributed by atoms with Crippen LogP contribution in [0.1, 0.15) is 25.1 Å². The number of rotatable bonds is 7. The molecule has 0 radical (unpaired) electrons. The molecule has 6 nitrogen and oxygen atoms in total. The minimum atomic E-state index is -0.386. The molecule has 0 aliphatic rings. The first kappa shape index (κ1) is 22.5. The van der Waals surface area contributed by atoms with Crippen LogP contribution in [0.15, 0.2) is 36.4 Å². The Morgan fingerprint density at radius 1 is 1.23 bits per heavy atom. The lowest BCUT2D eigenvalue weighted by Gasteiger charge is -2.15. The SMILES string of the molecule is CC#CC(=O)Nc1ccccc1-c1cc(COc2c(Cl)c(CC)cc(OC)c2Cl)[nH]n1. The van der Waals surface area contributed by atoms with Crippen molar-refractivity contribution in [2.45, 2.75) is 26.9 Å². The number of para-hydroxylation sites is 1. The van der Waals surface area contributed by atoms with E-state index in [-0.39, 0.29) is 12.5 Å². The van der Waals surface area contributed by atoms with Gasteiger partial charge in [-0.2, -0.15) is 5.10 Å². The monoisotopic (exact) mass is 457 g/mol. The molecular formula is C23H21Cl2N3O3. The summed E-state index contributed by atoms with van der Waals surface area (Å²) in [6.45, 7) is 3.76. The summed E-state index contributed by atoms with van der Waals surface area (Å²) in [5.41, 5.74) is 3.60. The quantitative estimate of drug-likeness (QED) is 0.459. The highest BCUT2D eigenvalue weighted by molar-refractivity contribution is 6.38. The van der Waals surface area contributed by atoms with Crippen LogP contribution in [0.3, 0.4) is 0 Å². The van der Waals surface area contributed by atoms with E-state index in [1.165, 1.54) is 0 Å². The molecule has 1 amide bonds. The number of halogens is 2. The third-order valence-corrected chi connectivity index (χ3v) is 5.27. The predicted octanol–water partition coefficient (Wildman–Crippen LogP) is 5.50. The standard InChI is InChI=1S/C23H21Cl2N3O3/c1-4-8-20(29)26-17-10-7-6-9-16(17)18-12-15(27-28-18)13-31-23-21(24)14(5-2)11-19(30-3)22(23)25/h6-7,9-12H,5,13H2,1-3H3,(H,26,29)(H,27,28). The van der Waals surface area contributed by atoms with Gasteiger partial charge >= 0.3 is 0 Å². The van der Waals surface area contributed by atoms with Crippen molar-refractivity contribution in [3.8, 4) is 34.6 Å². The van der Waals surface area contributed by atoms with Gasteiger partial charge in [0.05, 0.1) is 29.2 Å². The predicted molar refractivity (Wildman–Crippen MR) is 123 cm³/mol. The maximum absolute atomic E-state index is 11.9. The van der Waals surface area contributed by atoms with Gasteiger partial charge in [-0.3, -0.25) is 9.89 Å². The van der Waals surface area contributed by atoms with E-state index in [2.05, 4.69) is 27.4 Å². The van der Waals surface area contributed by atoms with Crippen molar-refractivity contribution < 1.29 is 14.3 Å². The van der Waals surface area contributed by atoms with Crippen molar-refractivity contribution in [2.24, 2.45) is 0 Å². The van der Waals surface area contributed by atoms with E-state index >= 15 is 0 Å². The topological polar surface area (TPSA) is 76.2 Å². The average Bonchev–Trinajstić information content (AvgIpc) is 3.23. The highest BCUT2D eigenvalue weighted by Gasteiger charge is 2.18. The second-order valence-electron chi connectivity index (χ2n) is 6.49. The maximum atomic E-state index is 11.9. The third-order valence-electron chi connectivity index (χ3n) is 4.50. The largest absolute Gasteiger partial charge is 0.495 e. The number of anilines is 1. The van der Waals surface area contributed by atoms with Gasteiger partial charge in [-0.05, 0) is 43.0 Å². The summed E-state index contributed by atoms with van der Waals surface area (Å²) in [5, 5.41) is 10.8. The van der Waals surface area contributed by atoms with E-state index < -0.39 is 0 Å². The van der Waals surface area contributed by atoms with Gasteiger partial charge in [0.1, 0.15) is 17.4 Å². The summed E-state index contributed by atoms with van der Waals surface area (Å²) in [7, 11) is 1.54. The fraction of sp³-hybridized carbons (Fsp3) is 0.217. The number of nitrogens with zero attached hydrogens (tertiary/aromatic N) is 1. The molecule has 1 heterocycles. The van der Waals surface area contributed by atoms with Gasteiger partial charge in [0, 0.05) is 5.56 Å². The second-order valence-corrected chi connectivity index (χ2v) is 7.25. The second kappa shape index (κ2) is 10.3. The molecule has 2 N–H and O–H groups in total. The molecule has 31 heavy (non-hydrogen) atoms. The van der Waals surface area contributed by atoms with Crippen LogP contribution >= 0.6 is 23.2 Å². The Morgan fingerprint density at radius 2 is 2.00 bits per heavy atom. The van der Waals surface area contributed by atoms with Crippen LogP contribution in [-0.4, -0.2) is 23.2 Å². The molecule has 0 atom stereocenters. The minimum Gasteiger partial charge on any atom is -0.495 e. The van der Waals surface area contributed by atoms with Crippen molar-refractivity contribution >= 4 is 34.8 Å². The first-order valence-electron chi connectivity index (χ1n) is 9.53. The molecule has 0 fully saturated rings. The van der Waals surface area contributed by atoms with Crippen molar-refractivity contribution in [3.05, 3.63) is 57.7 Å². The zero-order valence-electron chi connectivity index (χ0n) is 17.3. The summed E-state index contributed by atoms with van der Waals surface area (Å²) < 4.78 is 11.2. The summed E-state index contributed by atoms with van der Waals surface area (Å²) in [6, 6.07) is 11.0. The number of methoxy groups -OCH3 is 1. The summed E-state index contributed by atoms with van der Waals surface area (Å²) in [6.07, 6.45) is 0.710. The lowest BCUT2D eigenvalue weighted by atomic mass is 10.1. The molecule has 0 saturated carbocycles. The van der Waals surface area contributed by atoms with Crippen LogP contribution in [-0.2, 0) is 17.8 Å². The molecule has 3 aromatic rings. The molecular weight excluding hydrogens is 437 g/mol. The van der Waals surface area contributed by atoms with Crippen LogP contribution in [0.2, 0.25) is 10.0 Å². The Kier molecular flexibility index (Phi) is 7.45. The molecule has 0 aliphatic carbocycles. The minimum absolute atomic E-state index is 0.165. The molecule has 0 spiro atoms. The third kappa shape index (κ3) is 5.13. The highest BCUT2D eigenvalue weighted by atomic mass is 35.5.